The number of amides is 1. The van der Waals surface area contributed by atoms with Crippen molar-refractivity contribution in [2.45, 2.75) is 6.92 Å². The Hall–Kier alpha value is -3.58. The van der Waals surface area contributed by atoms with E-state index in [0.29, 0.717) is 52.7 Å². The fraction of sp³-hybridized carbons (Fsp3) is 0.360. The van der Waals surface area contributed by atoms with Gasteiger partial charge in [0.2, 0.25) is 0 Å². The molecular weight excluding hydrogens is 488 g/mol. The number of rotatable bonds is 16. The number of nitrogens with two attached hydrogens (primary N) is 3. The average molecular weight is 522 g/mol. The molecule has 202 valence electrons. The average Bonchev–Trinajstić information content (AvgIpc) is 2.85. The van der Waals surface area contributed by atoms with E-state index in [1.54, 1.807) is 24.3 Å². The topological polar surface area (TPSA) is 156 Å². The van der Waals surface area contributed by atoms with Crippen molar-refractivity contribution in [1.82, 2.24) is 0 Å². The first kappa shape index (κ1) is 29.6. The third kappa shape index (κ3) is 11.3. The lowest BCUT2D eigenvalue weighted by atomic mass is 10.1. The van der Waals surface area contributed by atoms with Crippen LogP contribution in [0.15, 0.2) is 47.0 Å². The molecule has 0 unspecified atom stereocenters. The monoisotopic (exact) mass is 521 g/mol. The summed E-state index contributed by atoms with van der Waals surface area (Å²) in [6, 6.07) is 8.67. The highest BCUT2D eigenvalue weighted by Crippen LogP contribution is 2.30. The zero-order chi connectivity index (χ0) is 27.0. The Balaban J connectivity index is 1.79. The Labute approximate surface area is 214 Å². The molecule has 0 radical (unpaired) electrons. The van der Waals surface area contributed by atoms with Crippen LogP contribution in [0.3, 0.4) is 0 Å². The van der Waals surface area contributed by atoms with Gasteiger partial charge >= 0.3 is 0 Å². The maximum absolute atomic E-state index is 14.5. The van der Waals surface area contributed by atoms with Gasteiger partial charge in [0.05, 0.1) is 39.6 Å². The molecule has 0 aliphatic carbocycles. The molecule has 0 fully saturated rings. The van der Waals surface area contributed by atoms with Crippen molar-refractivity contribution in [1.29, 1.82) is 0 Å². The van der Waals surface area contributed by atoms with Gasteiger partial charge in [0.15, 0.2) is 23.3 Å². The second-order valence-electron chi connectivity index (χ2n) is 7.66. The van der Waals surface area contributed by atoms with Gasteiger partial charge in [-0.15, -0.1) is 0 Å². The van der Waals surface area contributed by atoms with Crippen LogP contribution in [-0.4, -0.2) is 64.6 Å². The molecule has 0 saturated carbocycles. The zero-order valence-corrected chi connectivity index (χ0v) is 20.7. The number of hydrogen-bond acceptors (Lipinski definition) is 7. The van der Waals surface area contributed by atoms with Gasteiger partial charge in [0, 0.05) is 24.4 Å². The molecule has 0 saturated heterocycles. The summed E-state index contributed by atoms with van der Waals surface area (Å²) in [4.78, 5) is 15.2. The van der Waals surface area contributed by atoms with Crippen molar-refractivity contribution in [3.05, 3.63) is 59.2 Å². The van der Waals surface area contributed by atoms with Crippen molar-refractivity contribution in [2.24, 2.45) is 22.2 Å². The predicted molar refractivity (Wildman–Crippen MR) is 137 cm³/mol. The number of nitrogens with zero attached hydrogens (tertiary/aromatic N) is 1. The van der Waals surface area contributed by atoms with Crippen molar-refractivity contribution in [3.8, 4) is 11.5 Å². The first-order valence-electron chi connectivity index (χ1n) is 11.6. The smallest absolute Gasteiger partial charge is 0.275 e. The van der Waals surface area contributed by atoms with Crippen LogP contribution in [0.25, 0.3) is 6.08 Å². The largest absolute Gasteiger partial charge is 0.451 e. The lowest BCUT2D eigenvalue weighted by molar-refractivity contribution is -0.114. The van der Waals surface area contributed by atoms with Gasteiger partial charge in [-0.2, -0.15) is 4.99 Å². The summed E-state index contributed by atoms with van der Waals surface area (Å²) >= 11 is 0. The summed E-state index contributed by atoms with van der Waals surface area (Å²) < 4.78 is 50.5. The zero-order valence-electron chi connectivity index (χ0n) is 20.7. The lowest BCUT2D eigenvalue weighted by Gasteiger charge is -2.11. The minimum Gasteiger partial charge on any atom is -0.451 e. The standard InChI is InChI=1S/C25H33F2N5O5/c1-17(24(33)32-25(29)30)14-18-15-21(26)23(22(27)16-18)37-20-4-2-19(3-5-20)31-7-9-35-11-13-36-12-10-34-8-6-28/h2-5,14-16,31H,6-13,28H2,1H3,(H4,29,30,32,33)/b17-14+. The molecule has 10 nitrogen and oxygen atoms in total. The van der Waals surface area contributed by atoms with Gasteiger partial charge in [-0.1, -0.05) is 0 Å². The molecule has 0 bridgehead atoms. The Morgan fingerprint density at radius 3 is 2.08 bits per heavy atom. The highest BCUT2D eigenvalue weighted by Gasteiger charge is 2.14. The van der Waals surface area contributed by atoms with Crippen LogP contribution < -0.4 is 27.3 Å². The third-order valence-corrected chi connectivity index (χ3v) is 4.63. The lowest BCUT2D eigenvalue weighted by Crippen LogP contribution is -2.24. The molecule has 2 aromatic rings. The van der Waals surface area contributed by atoms with Crippen molar-refractivity contribution in [3.63, 3.8) is 0 Å². The Kier molecular flexibility index (Phi) is 13.0. The number of carbonyl (C=O) groups excluding carboxylic acids is 1. The maximum Gasteiger partial charge on any atom is 0.275 e. The molecule has 0 heterocycles. The molecule has 12 heteroatoms. The molecule has 37 heavy (non-hydrogen) atoms. The highest BCUT2D eigenvalue weighted by molar-refractivity contribution is 6.03. The molecule has 0 aliphatic rings. The van der Waals surface area contributed by atoms with Gasteiger partial charge in [-0.25, -0.2) is 8.78 Å². The van der Waals surface area contributed by atoms with Crippen molar-refractivity contribution in [2.75, 3.05) is 58.0 Å². The summed E-state index contributed by atoms with van der Waals surface area (Å²) in [5.41, 5.74) is 16.6. The van der Waals surface area contributed by atoms with E-state index in [2.05, 4.69) is 10.3 Å². The number of aliphatic imine (C=N–C) groups is 1. The van der Waals surface area contributed by atoms with Crippen LogP contribution in [0.5, 0.6) is 11.5 Å². The van der Waals surface area contributed by atoms with E-state index in [4.69, 9.17) is 36.1 Å². The SMILES string of the molecule is C/C(=C\c1cc(F)c(Oc2ccc(NCCOCCOCCOCCN)cc2)c(F)c1)C(=O)N=C(N)N. The minimum atomic E-state index is -0.931. The number of anilines is 1. The summed E-state index contributed by atoms with van der Waals surface area (Å²) in [6.45, 7) is 5.39. The Morgan fingerprint density at radius 2 is 1.51 bits per heavy atom. The summed E-state index contributed by atoms with van der Waals surface area (Å²) in [6.07, 6.45) is 1.27. The van der Waals surface area contributed by atoms with E-state index in [-0.39, 0.29) is 16.9 Å². The quantitative estimate of drug-likeness (QED) is 0.113. The number of benzene rings is 2. The van der Waals surface area contributed by atoms with E-state index >= 15 is 0 Å². The van der Waals surface area contributed by atoms with Crippen LogP contribution in [0, 0.1) is 11.6 Å². The molecule has 7 N–H and O–H groups in total. The van der Waals surface area contributed by atoms with Gasteiger partial charge < -0.3 is 41.5 Å². The van der Waals surface area contributed by atoms with Crippen molar-refractivity contribution < 1.29 is 32.5 Å². The Morgan fingerprint density at radius 1 is 0.946 bits per heavy atom. The number of hydrogen-bond donors (Lipinski definition) is 4. The van der Waals surface area contributed by atoms with E-state index in [9.17, 15) is 13.6 Å². The molecule has 0 atom stereocenters. The normalized spacial score (nSPS) is 11.3. The second kappa shape index (κ2) is 16.2. The van der Waals surface area contributed by atoms with E-state index in [1.807, 2.05) is 0 Å². The van der Waals surface area contributed by atoms with Crippen LogP contribution in [-0.2, 0) is 19.0 Å². The summed E-state index contributed by atoms with van der Waals surface area (Å²) in [7, 11) is 0. The van der Waals surface area contributed by atoms with Crippen molar-refractivity contribution >= 4 is 23.6 Å². The molecule has 2 aromatic carbocycles. The van der Waals surface area contributed by atoms with E-state index in [1.165, 1.54) is 13.0 Å². The van der Waals surface area contributed by atoms with Gasteiger partial charge in [-0.3, -0.25) is 4.79 Å². The minimum absolute atomic E-state index is 0.104. The summed E-state index contributed by atoms with van der Waals surface area (Å²) in [5, 5.41) is 3.17. The number of ether oxygens (including phenoxy) is 4. The van der Waals surface area contributed by atoms with Crippen LogP contribution in [0.4, 0.5) is 14.5 Å². The molecule has 2 rings (SSSR count). The van der Waals surface area contributed by atoms with Crippen LogP contribution in [0.2, 0.25) is 0 Å². The third-order valence-electron chi connectivity index (χ3n) is 4.63. The molecular formula is C25H33F2N5O5. The fourth-order valence-electron chi connectivity index (χ4n) is 2.93. The van der Waals surface area contributed by atoms with Crippen LogP contribution in [0.1, 0.15) is 12.5 Å². The van der Waals surface area contributed by atoms with E-state index in [0.717, 1.165) is 17.8 Å². The number of carbonyl (C=O) groups is 1. The predicted octanol–water partition coefficient (Wildman–Crippen LogP) is 2.38. The highest BCUT2D eigenvalue weighted by atomic mass is 19.1. The first-order valence-corrected chi connectivity index (χ1v) is 11.6. The number of guanidine groups is 1. The number of nitrogens with one attached hydrogen (secondary N) is 1. The number of halogens is 2. The summed E-state index contributed by atoms with van der Waals surface area (Å²) in [5.74, 6) is -3.30. The first-order chi connectivity index (χ1) is 17.8. The molecule has 1 amide bonds. The second-order valence-corrected chi connectivity index (χ2v) is 7.66. The fourth-order valence-corrected chi connectivity index (χ4v) is 2.93. The van der Waals surface area contributed by atoms with E-state index < -0.39 is 29.3 Å². The molecule has 0 spiro atoms. The Bertz CT molecular complexity index is 1040. The van der Waals surface area contributed by atoms with Gasteiger partial charge in [-0.05, 0) is 55.0 Å². The van der Waals surface area contributed by atoms with Gasteiger partial charge in [0.1, 0.15) is 5.75 Å². The maximum atomic E-state index is 14.5. The van der Waals surface area contributed by atoms with Gasteiger partial charge in [0.25, 0.3) is 5.91 Å². The molecule has 0 aliphatic heterocycles. The van der Waals surface area contributed by atoms with Crippen LogP contribution >= 0.6 is 0 Å². The molecule has 0 aromatic heterocycles.